The molecule has 0 saturated heterocycles. The summed E-state index contributed by atoms with van der Waals surface area (Å²) < 4.78 is 0. The number of hydrogen-bond acceptors (Lipinski definition) is 3. The first-order valence-electron chi connectivity index (χ1n) is 6.35. The predicted molar refractivity (Wildman–Crippen MR) is 85.4 cm³/mol. The van der Waals surface area contributed by atoms with Crippen LogP contribution in [0.15, 0.2) is 41.8 Å². The molecule has 0 bridgehead atoms. The molecule has 5 heteroatoms. The summed E-state index contributed by atoms with van der Waals surface area (Å²) in [5.41, 5.74) is 0.761. The molecule has 1 heterocycles. The maximum absolute atomic E-state index is 12.0. The fourth-order valence-corrected chi connectivity index (χ4v) is 2.82. The molecule has 20 heavy (non-hydrogen) atoms. The molecule has 2 rings (SSSR count). The van der Waals surface area contributed by atoms with Gasteiger partial charge < -0.3 is 5.32 Å². The van der Waals surface area contributed by atoms with Crippen LogP contribution in [0, 0.1) is 0 Å². The Bertz CT molecular complexity index is 554. The second-order valence-corrected chi connectivity index (χ2v) is 6.08. The lowest BCUT2D eigenvalue weighted by molar-refractivity contribution is -0.117. The van der Waals surface area contributed by atoms with E-state index >= 15 is 0 Å². The maximum Gasteiger partial charge on any atom is 0.238 e. The normalized spacial score (nSPS) is 12.4. The monoisotopic (exact) mass is 308 g/mol. The molecule has 0 saturated carbocycles. The smallest absolute Gasteiger partial charge is 0.238 e. The van der Waals surface area contributed by atoms with E-state index in [4.69, 9.17) is 11.6 Å². The molecule has 0 radical (unpaired) electrons. The van der Waals surface area contributed by atoms with Crippen LogP contribution in [0.1, 0.15) is 17.8 Å². The summed E-state index contributed by atoms with van der Waals surface area (Å²) in [5, 5.41) is 5.57. The largest absolute Gasteiger partial charge is 0.325 e. The van der Waals surface area contributed by atoms with E-state index in [0.717, 1.165) is 5.69 Å². The lowest BCUT2D eigenvalue weighted by Gasteiger charge is -2.23. The lowest BCUT2D eigenvalue weighted by Crippen LogP contribution is -2.31. The van der Waals surface area contributed by atoms with E-state index in [2.05, 4.69) is 18.3 Å². The highest BCUT2D eigenvalue weighted by molar-refractivity contribution is 7.10. The Morgan fingerprint density at radius 2 is 2.05 bits per heavy atom. The topological polar surface area (TPSA) is 32.3 Å². The Balaban J connectivity index is 1.89. The Morgan fingerprint density at radius 1 is 1.35 bits per heavy atom. The molecular weight excluding hydrogens is 292 g/mol. The summed E-state index contributed by atoms with van der Waals surface area (Å²) in [6, 6.07) is 11.4. The third kappa shape index (κ3) is 4.07. The van der Waals surface area contributed by atoms with Crippen molar-refractivity contribution in [2.45, 2.75) is 13.0 Å². The van der Waals surface area contributed by atoms with E-state index in [9.17, 15) is 4.79 Å². The van der Waals surface area contributed by atoms with Gasteiger partial charge in [0.2, 0.25) is 5.91 Å². The summed E-state index contributed by atoms with van der Waals surface area (Å²) in [4.78, 5) is 15.3. The molecule has 1 aromatic carbocycles. The van der Waals surface area contributed by atoms with Gasteiger partial charge in [0.25, 0.3) is 0 Å². The van der Waals surface area contributed by atoms with Crippen LogP contribution >= 0.6 is 22.9 Å². The predicted octanol–water partition coefficient (Wildman–Crippen LogP) is 4.03. The van der Waals surface area contributed by atoms with Crippen LogP contribution in [0.25, 0.3) is 0 Å². The fourth-order valence-electron chi connectivity index (χ4n) is 1.84. The van der Waals surface area contributed by atoms with E-state index in [1.165, 1.54) is 4.88 Å². The summed E-state index contributed by atoms with van der Waals surface area (Å²) in [6.45, 7) is 2.45. The molecule has 0 aliphatic heterocycles. The molecule has 2 aromatic rings. The minimum absolute atomic E-state index is 0.0294. The number of anilines is 1. The van der Waals surface area contributed by atoms with Crippen molar-refractivity contribution in [2.24, 2.45) is 0 Å². The highest BCUT2D eigenvalue weighted by Gasteiger charge is 2.15. The van der Waals surface area contributed by atoms with Crippen LogP contribution in [-0.4, -0.2) is 24.4 Å². The number of likely N-dealkylation sites (N-methyl/N-ethyl adjacent to an activating group) is 1. The fraction of sp³-hybridized carbons (Fsp3) is 0.267. The third-order valence-electron chi connectivity index (χ3n) is 3.14. The van der Waals surface area contributed by atoms with Crippen molar-refractivity contribution in [1.82, 2.24) is 4.90 Å². The molecule has 1 N–H and O–H groups in total. The first-order chi connectivity index (χ1) is 9.56. The molecule has 3 nitrogen and oxygen atoms in total. The van der Waals surface area contributed by atoms with Gasteiger partial charge >= 0.3 is 0 Å². The van der Waals surface area contributed by atoms with Gasteiger partial charge in [-0.05, 0) is 49.7 Å². The Hall–Kier alpha value is -1.36. The minimum atomic E-state index is -0.0294. The second-order valence-electron chi connectivity index (χ2n) is 4.66. The van der Waals surface area contributed by atoms with Crippen molar-refractivity contribution in [1.29, 1.82) is 0 Å². The summed E-state index contributed by atoms with van der Waals surface area (Å²) in [7, 11) is 1.95. The zero-order chi connectivity index (χ0) is 14.5. The molecule has 1 aromatic heterocycles. The first kappa shape index (κ1) is 15.0. The number of carbonyl (C=O) groups is 1. The van der Waals surface area contributed by atoms with E-state index in [1.807, 2.05) is 23.4 Å². The molecule has 0 aliphatic rings. The lowest BCUT2D eigenvalue weighted by atomic mass is 10.2. The Morgan fingerprint density at radius 3 is 2.65 bits per heavy atom. The van der Waals surface area contributed by atoms with Gasteiger partial charge in [0.15, 0.2) is 0 Å². The van der Waals surface area contributed by atoms with Crippen LogP contribution in [0.3, 0.4) is 0 Å². The van der Waals surface area contributed by atoms with Gasteiger partial charge in [-0.2, -0.15) is 0 Å². The van der Waals surface area contributed by atoms with Crippen molar-refractivity contribution in [3.8, 4) is 0 Å². The van der Waals surface area contributed by atoms with Crippen molar-refractivity contribution in [3.05, 3.63) is 51.7 Å². The number of carbonyl (C=O) groups excluding carboxylic acids is 1. The average Bonchev–Trinajstić information content (AvgIpc) is 2.94. The Kier molecular flexibility index (Phi) is 5.17. The van der Waals surface area contributed by atoms with E-state index in [-0.39, 0.29) is 11.9 Å². The van der Waals surface area contributed by atoms with Gasteiger partial charge in [-0.15, -0.1) is 11.3 Å². The standard InChI is InChI=1S/C15H17ClN2OS/c1-11(14-4-3-9-20-14)18(2)10-15(19)17-13-7-5-12(16)6-8-13/h3-9,11H,10H2,1-2H3,(H,17,19). The van der Waals surface area contributed by atoms with Crippen LogP contribution in [0.2, 0.25) is 5.02 Å². The number of rotatable bonds is 5. The van der Waals surface area contributed by atoms with Gasteiger partial charge in [0, 0.05) is 21.6 Å². The van der Waals surface area contributed by atoms with Crippen LogP contribution in [-0.2, 0) is 4.79 Å². The molecule has 0 spiro atoms. The van der Waals surface area contributed by atoms with E-state index < -0.39 is 0 Å². The summed E-state index contributed by atoms with van der Waals surface area (Å²) >= 11 is 7.52. The number of benzene rings is 1. The Labute approximate surface area is 128 Å². The maximum atomic E-state index is 12.0. The summed E-state index contributed by atoms with van der Waals surface area (Å²) in [5.74, 6) is -0.0294. The van der Waals surface area contributed by atoms with Gasteiger partial charge in [-0.3, -0.25) is 9.69 Å². The van der Waals surface area contributed by atoms with Gasteiger partial charge in [0.05, 0.1) is 6.54 Å². The van der Waals surface area contributed by atoms with Crippen LogP contribution in [0.5, 0.6) is 0 Å². The minimum Gasteiger partial charge on any atom is -0.325 e. The number of nitrogens with one attached hydrogen (secondary N) is 1. The highest BCUT2D eigenvalue weighted by atomic mass is 35.5. The molecule has 0 aliphatic carbocycles. The summed E-state index contributed by atoms with van der Waals surface area (Å²) in [6.07, 6.45) is 0. The first-order valence-corrected chi connectivity index (χ1v) is 7.61. The SMILES string of the molecule is CC(c1cccs1)N(C)CC(=O)Nc1ccc(Cl)cc1. The van der Waals surface area contributed by atoms with Crippen LogP contribution < -0.4 is 5.32 Å². The van der Waals surface area contributed by atoms with E-state index in [1.54, 1.807) is 35.6 Å². The quantitative estimate of drug-likeness (QED) is 0.904. The number of nitrogens with zero attached hydrogens (tertiary/aromatic N) is 1. The molecule has 0 fully saturated rings. The van der Waals surface area contributed by atoms with E-state index in [0.29, 0.717) is 11.6 Å². The molecule has 1 unspecified atom stereocenters. The zero-order valence-electron chi connectivity index (χ0n) is 11.5. The molecular formula is C15H17ClN2OS. The average molecular weight is 309 g/mol. The second kappa shape index (κ2) is 6.88. The number of thiophene rings is 1. The molecule has 1 amide bonds. The third-order valence-corrected chi connectivity index (χ3v) is 4.43. The number of hydrogen-bond donors (Lipinski definition) is 1. The van der Waals surface area contributed by atoms with Gasteiger partial charge in [-0.25, -0.2) is 0 Å². The molecule has 106 valence electrons. The van der Waals surface area contributed by atoms with Crippen molar-refractivity contribution in [2.75, 3.05) is 18.9 Å². The van der Waals surface area contributed by atoms with Crippen LogP contribution in [0.4, 0.5) is 5.69 Å². The number of halogens is 1. The van der Waals surface area contributed by atoms with Gasteiger partial charge in [0.1, 0.15) is 0 Å². The number of amides is 1. The zero-order valence-corrected chi connectivity index (χ0v) is 13.0. The van der Waals surface area contributed by atoms with Gasteiger partial charge in [-0.1, -0.05) is 17.7 Å². The van der Waals surface area contributed by atoms with Crippen molar-refractivity contribution >= 4 is 34.5 Å². The van der Waals surface area contributed by atoms with Crippen molar-refractivity contribution in [3.63, 3.8) is 0 Å². The molecule has 1 atom stereocenters. The van der Waals surface area contributed by atoms with Crippen molar-refractivity contribution < 1.29 is 4.79 Å². The highest BCUT2D eigenvalue weighted by Crippen LogP contribution is 2.23.